The van der Waals surface area contributed by atoms with Crippen molar-refractivity contribution in [2.75, 3.05) is 6.61 Å². The highest BCUT2D eigenvalue weighted by molar-refractivity contribution is 14.1. The summed E-state index contributed by atoms with van der Waals surface area (Å²) in [7, 11) is 0. The molecule has 1 atom stereocenters. The van der Waals surface area contributed by atoms with Gasteiger partial charge in [0.05, 0.1) is 13.2 Å². The van der Waals surface area contributed by atoms with Gasteiger partial charge in [0.25, 0.3) is 5.60 Å². The van der Waals surface area contributed by atoms with Gasteiger partial charge in [-0.1, -0.05) is 53.8 Å². The highest BCUT2D eigenvalue weighted by Gasteiger charge is 2.70. The number of aliphatic hydroxyl groups is 1. The van der Waals surface area contributed by atoms with E-state index in [4.69, 9.17) is 5.11 Å². The molecule has 132 valence electrons. The third kappa shape index (κ3) is 4.96. The quantitative estimate of drug-likeness (QED) is 0.373. The largest absolute Gasteiger partial charge is 0.428 e. The SMILES string of the molecule is CCC(I)c1ccc(COCC(O)(C(F)(F)F)C(F)(F)F)cc1. The molecule has 1 aromatic carbocycles. The van der Waals surface area contributed by atoms with Crippen molar-refractivity contribution in [1.29, 1.82) is 0 Å². The van der Waals surface area contributed by atoms with Gasteiger partial charge in [-0.3, -0.25) is 0 Å². The van der Waals surface area contributed by atoms with Crippen LogP contribution in [0.25, 0.3) is 0 Å². The molecule has 0 heterocycles. The summed E-state index contributed by atoms with van der Waals surface area (Å²) < 4.78 is 79.5. The van der Waals surface area contributed by atoms with Crippen LogP contribution >= 0.6 is 22.6 Å². The van der Waals surface area contributed by atoms with Crippen molar-refractivity contribution in [2.45, 2.75) is 41.8 Å². The maximum Gasteiger partial charge on any atom is 0.428 e. The van der Waals surface area contributed by atoms with Crippen LogP contribution in [-0.2, 0) is 11.3 Å². The lowest BCUT2D eigenvalue weighted by molar-refractivity contribution is -0.378. The van der Waals surface area contributed by atoms with Crippen LogP contribution in [0.15, 0.2) is 24.3 Å². The second-order valence-corrected chi connectivity index (χ2v) is 6.47. The zero-order chi connectivity index (χ0) is 17.9. The summed E-state index contributed by atoms with van der Waals surface area (Å²) in [5.41, 5.74) is -3.46. The first kappa shape index (κ1) is 20.5. The average Bonchev–Trinajstić information content (AvgIpc) is 2.44. The molecule has 2 nitrogen and oxygen atoms in total. The molecule has 0 spiro atoms. The van der Waals surface area contributed by atoms with E-state index in [-0.39, 0.29) is 3.92 Å². The number of halogens is 7. The van der Waals surface area contributed by atoms with Crippen LogP contribution in [-0.4, -0.2) is 29.7 Å². The van der Waals surface area contributed by atoms with Gasteiger partial charge in [0.15, 0.2) is 0 Å². The first-order valence-electron chi connectivity index (χ1n) is 6.59. The van der Waals surface area contributed by atoms with Crippen LogP contribution in [0.3, 0.4) is 0 Å². The molecule has 0 aromatic heterocycles. The van der Waals surface area contributed by atoms with E-state index in [9.17, 15) is 26.3 Å². The van der Waals surface area contributed by atoms with E-state index < -0.39 is 31.2 Å². The monoisotopic (exact) mass is 456 g/mol. The number of ether oxygens (including phenoxy) is 1. The van der Waals surface area contributed by atoms with Gasteiger partial charge in [-0.25, -0.2) is 0 Å². The van der Waals surface area contributed by atoms with Crippen molar-refractivity contribution in [2.24, 2.45) is 0 Å². The minimum Gasteiger partial charge on any atom is -0.373 e. The molecule has 1 N–H and O–H groups in total. The molecule has 0 aliphatic heterocycles. The third-order valence-corrected chi connectivity index (χ3v) is 4.82. The number of rotatable bonds is 6. The topological polar surface area (TPSA) is 29.5 Å². The van der Waals surface area contributed by atoms with E-state index in [2.05, 4.69) is 27.3 Å². The van der Waals surface area contributed by atoms with Gasteiger partial charge >= 0.3 is 12.4 Å². The normalized spacial score (nSPS) is 14.8. The van der Waals surface area contributed by atoms with E-state index in [1.807, 2.05) is 6.92 Å². The zero-order valence-corrected chi connectivity index (χ0v) is 14.2. The summed E-state index contributed by atoms with van der Waals surface area (Å²) in [4.78, 5) is 0. The van der Waals surface area contributed by atoms with Gasteiger partial charge in [-0.05, 0) is 17.5 Å². The predicted molar refractivity (Wildman–Crippen MR) is 80.2 cm³/mol. The summed E-state index contributed by atoms with van der Waals surface area (Å²) in [6.07, 6.45) is -10.9. The Balaban J connectivity index is 2.71. The van der Waals surface area contributed by atoms with Gasteiger partial charge in [-0.15, -0.1) is 0 Å². The van der Waals surface area contributed by atoms with E-state index >= 15 is 0 Å². The Hall–Kier alpha value is -0.550. The van der Waals surface area contributed by atoms with E-state index in [0.29, 0.717) is 5.56 Å². The Labute approximate surface area is 143 Å². The van der Waals surface area contributed by atoms with Crippen LogP contribution in [0.2, 0.25) is 0 Å². The molecule has 0 saturated carbocycles. The van der Waals surface area contributed by atoms with Crippen molar-refractivity contribution in [3.05, 3.63) is 35.4 Å². The van der Waals surface area contributed by atoms with Gasteiger partial charge in [-0.2, -0.15) is 26.3 Å². The summed E-state index contributed by atoms with van der Waals surface area (Å²) in [6, 6.07) is 6.60. The lowest BCUT2D eigenvalue weighted by Crippen LogP contribution is -2.59. The highest BCUT2D eigenvalue weighted by atomic mass is 127. The van der Waals surface area contributed by atoms with Crippen LogP contribution < -0.4 is 0 Å². The van der Waals surface area contributed by atoms with Crippen LogP contribution in [0.1, 0.15) is 28.4 Å². The smallest absolute Gasteiger partial charge is 0.373 e. The summed E-state index contributed by atoms with van der Waals surface area (Å²) >= 11 is 2.23. The van der Waals surface area contributed by atoms with E-state index in [0.717, 1.165) is 12.0 Å². The fourth-order valence-corrected chi connectivity index (χ4v) is 2.11. The molecule has 0 saturated heterocycles. The Morgan fingerprint density at radius 1 is 1.04 bits per heavy atom. The standard InChI is InChI=1S/C14H15F6IO2/c1-2-11(21)10-5-3-9(4-6-10)7-23-8-12(22,13(15,16)17)14(18,19)20/h3-6,11,22H,2,7-8H2,1H3. The van der Waals surface area contributed by atoms with Crippen molar-refractivity contribution < 1.29 is 36.2 Å². The van der Waals surface area contributed by atoms with Gasteiger partial charge in [0, 0.05) is 3.92 Å². The fraction of sp³-hybridized carbons (Fsp3) is 0.571. The van der Waals surface area contributed by atoms with Crippen molar-refractivity contribution in [3.8, 4) is 0 Å². The molecule has 0 aliphatic rings. The summed E-state index contributed by atoms with van der Waals surface area (Å²) in [5, 5.41) is 8.94. The van der Waals surface area contributed by atoms with Crippen molar-refractivity contribution >= 4 is 22.6 Å². The maximum absolute atomic E-state index is 12.5. The molecular formula is C14H15F6IO2. The Bertz CT molecular complexity index is 483. The molecule has 1 rings (SSSR count). The van der Waals surface area contributed by atoms with Crippen LogP contribution in [0, 0.1) is 0 Å². The lowest BCUT2D eigenvalue weighted by atomic mass is 10.0. The first-order chi connectivity index (χ1) is 10.4. The fourth-order valence-electron chi connectivity index (χ4n) is 1.70. The molecule has 0 aliphatic carbocycles. The van der Waals surface area contributed by atoms with Crippen molar-refractivity contribution in [3.63, 3.8) is 0 Å². The molecule has 0 bridgehead atoms. The number of benzene rings is 1. The number of alkyl halides is 7. The average molecular weight is 456 g/mol. The van der Waals surface area contributed by atoms with Crippen LogP contribution in [0.5, 0.6) is 0 Å². The molecule has 23 heavy (non-hydrogen) atoms. The van der Waals surface area contributed by atoms with Crippen molar-refractivity contribution in [1.82, 2.24) is 0 Å². The molecule has 0 amide bonds. The van der Waals surface area contributed by atoms with Gasteiger partial charge in [0.1, 0.15) is 0 Å². The minimum absolute atomic E-state index is 0.267. The Morgan fingerprint density at radius 3 is 1.91 bits per heavy atom. The minimum atomic E-state index is -5.87. The molecule has 0 radical (unpaired) electrons. The maximum atomic E-state index is 12.5. The molecule has 1 unspecified atom stereocenters. The number of hydrogen-bond donors (Lipinski definition) is 1. The van der Waals surface area contributed by atoms with Crippen LogP contribution in [0.4, 0.5) is 26.3 Å². The van der Waals surface area contributed by atoms with Gasteiger partial charge in [0.2, 0.25) is 0 Å². The summed E-state index contributed by atoms with van der Waals surface area (Å²) in [5.74, 6) is 0. The first-order valence-corrected chi connectivity index (χ1v) is 7.83. The zero-order valence-electron chi connectivity index (χ0n) is 12.0. The molecule has 1 aromatic rings. The highest BCUT2D eigenvalue weighted by Crippen LogP contribution is 2.43. The Morgan fingerprint density at radius 2 is 1.52 bits per heavy atom. The molecule has 0 fully saturated rings. The predicted octanol–water partition coefficient (Wildman–Crippen LogP) is 4.95. The second kappa shape index (κ2) is 7.56. The molecule has 9 heteroatoms. The number of hydrogen-bond acceptors (Lipinski definition) is 2. The third-order valence-electron chi connectivity index (χ3n) is 3.22. The second-order valence-electron chi connectivity index (χ2n) is 4.97. The van der Waals surface area contributed by atoms with E-state index in [1.54, 1.807) is 24.3 Å². The Kier molecular flexibility index (Phi) is 6.74. The van der Waals surface area contributed by atoms with E-state index in [1.165, 1.54) is 0 Å². The summed E-state index contributed by atoms with van der Waals surface area (Å²) in [6.45, 7) is -0.387. The molecular weight excluding hydrogens is 441 g/mol. The van der Waals surface area contributed by atoms with Gasteiger partial charge < -0.3 is 9.84 Å². The lowest BCUT2D eigenvalue weighted by Gasteiger charge is -2.31.